The van der Waals surface area contributed by atoms with Crippen molar-refractivity contribution in [2.45, 2.75) is 18.9 Å². The molecule has 0 atom stereocenters. The molecule has 0 aliphatic carbocycles. The minimum atomic E-state index is -0.0908. The number of likely N-dealkylation sites (tertiary alicyclic amines) is 1. The summed E-state index contributed by atoms with van der Waals surface area (Å²) in [5.74, 6) is 0.869. The number of hydrogen-bond donors (Lipinski definition) is 1. The van der Waals surface area contributed by atoms with Gasteiger partial charge in [0, 0.05) is 59.1 Å². The predicted octanol–water partition coefficient (Wildman–Crippen LogP) is 2.39. The number of aromatic nitrogens is 5. The Morgan fingerprint density at radius 1 is 1.09 bits per heavy atom. The first-order chi connectivity index (χ1) is 16.4. The molecule has 0 unspecified atom stereocenters. The molecule has 1 N–H and O–H groups in total. The van der Waals surface area contributed by atoms with Crippen molar-refractivity contribution in [3.05, 3.63) is 47.1 Å². The van der Waals surface area contributed by atoms with Gasteiger partial charge in [-0.15, -0.1) is 0 Å². The quantitative estimate of drug-likeness (QED) is 0.504. The third-order valence-corrected chi connectivity index (χ3v) is 6.59. The zero-order chi connectivity index (χ0) is 24.0. The molecule has 4 aromatic rings. The van der Waals surface area contributed by atoms with Crippen molar-refractivity contribution < 1.29 is 4.79 Å². The molecule has 5 rings (SSSR count). The van der Waals surface area contributed by atoms with E-state index in [9.17, 15) is 9.59 Å². The maximum Gasteiger partial charge on any atom is 0.329 e. The second-order valence-electron chi connectivity index (χ2n) is 8.84. The normalized spacial score (nSPS) is 14.6. The van der Waals surface area contributed by atoms with Crippen LogP contribution in [0.3, 0.4) is 0 Å². The summed E-state index contributed by atoms with van der Waals surface area (Å²) < 4.78 is 3.49. The van der Waals surface area contributed by atoms with Crippen LogP contribution in [-0.4, -0.2) is 69.2 Å². The summed E-state index contributed by atoms with van der Waals surface area (Å²) in [4.78, 5) is 43.1. The van der Waals surface area contributed by atoms with E-state index in [0.29, 0.717) is 31.4 Å². The van der Waals surface area contributed by atoms with Crippen molar-refractivity contribution in [1.29, 1.82) is 0 Å². The zero-order valence-corrected chi connectivity index (χ0v) is 19.8. The summed E-state index contributed by atoms with van der Waals surface area (Å²) >= 11 is 0. The van der Waals surface area contributed by atoms with Gasteiger partial charge < -0.3 is 15.1 Å². The van der Waals surface area contributed by atoms with Gasteiger partial charge in [0.05, 0.1) is 28.4 Å². The van der Waals surface area contributed by atoms with E-state index in [2.05, 4.69) is 15.3 Å². The second-order valence-corrected chi connectivity index (χ2v) is 8.84. The molecule has 4 aromatic heterocycles. The smallest absolute Gasteiger partial charge is 0.329 e. The van der Waals surface area contributed by atoms with Crippen molar-refractivity contribution >= 4 is 33.9 Å². The molecule has 0 bridgehead atoms. The minimum Gasteiger partial charge on any atom is -0.363 e. The third kappa shape index (κ3) is 3.55. The van der Waals surface area contributed by atoms with Crippen molar-refractivity contribution in [3.63, 3.8) is 0 Å². The van der Waals surface area contributed by atoms with Gasteiger partial charge in [-0.05, 0) is 37.1 Å². The number of piperidine rings is 1. The predicted molar refractivity (Wildman–Crippen MR) is 132 cm³/mol. The zero-order valence-electron chi connectivity index (χ0n) is 19.8. The van der Waals surface area contributed by atoms with Gasteiger partial charge in [-0.2, -0.15) is 0 Å². The van der Waals surface area contributed by atoms with Crippen LogP contribution in [0.2, 0.25) is 0 Å². The van der Waals surface area contributed by atoms with E-state index in [-0.39, 0.29) is 17.8 Å². The van der Waals surface area contributed by atoms with Crippen molar-refractivity contribution in [2.75, 3.05) is 39.1 Å². The number of nitrogens with one attached hydrogen (secondary N) is 1. The van der Waals surface area contributed by atoms with Crippen LogP contribution >= 0.6 is 0 Å². The highest BCUT2D eigenvalue weighted by Gasteiger charge is 2.27. The number of aryl methyl sites for hydroxylation is 1. The van der Waals surface area contributed by atoms with E-state index < -0.39 is 0 Å². The standard InChI is InChI=1S/C24H28N8O2/c1-25-23(33)31-11-9-16(10-12-31)32-22-19(30(4)24(32)34)14-26-18-7-6-17(28-21(18)22)15-5-8-20(27-13-15)29(2)3/h5-8,13-14,16H,9-12H2,1-4H3,(H,25,33). The average Bonchev–Trinajstić information content (AvgIpc) is 3.13. The molecule has 0 saturated carbocycles. The van der Waals surface area contributed by atoms with Crippen LogP contribution in [0, 0.1) is 0 Å². The molecule has 10 heteroatoms. The fourth-order valence-electron chi connectivity index (χ4n) is 4.67. The molecule has 0 aromatic carbocycles. The van der Waals surface area contributed by atoms with Crippen molar-refractivity contribution in [2.24, 2.45) is 7.05 Å². The number of carbonyl (C=O) groups is 1. The molecule has 1 fully saturated rings. The largest absolute Gasteiger partial charge is 0.363 e. The summed E-state index contributed by atoms with van der Waals surface area (Å²) in [5, 5.41) is 2.68. The fraction of sp³-hybridized carbons (Fsp3) is 0.375. The van der Waals surface area contributed by atoms with Crippen LogP contribution in [0.4, 0.5) is 10.6 Å². The topological polar surface area (TPSA) is 101 Å². The van der Waals surface area contributed by atoms with Crippen LogP contribution in [0.5, 0.6) is 0 Å². The second kappa shape index (κ2) is 8.44. The number of rotatable bonds is 3. The molecule has 176 valence electrons. The molecule has 5 heterocycles. The maximum absolute atomic E-state index is 13.3. The monoisotopic (exact) mass is 460 g/mol. The lowest BCUT2D eigenvalue weighted by Gasteiger charge is -2.32. The van der Waals surface area contributed by atoms with Crippen molar-refractivity contribution in [1.82, 2.24) is 34.3 Å². The SMILES string of the molecule is CNC(=O)N1CCC(n2c(=O)n(C)c3cnc4ccc(-c5ccc(N(C)C)nc5)nc4c32)CC1. The van der Waals surface area contributed by atoms with Gasteiger partial charge in [-0.1, -0.05) is 0 Å². The lowest BCUT2D eigenvalue weighted by Crippen LogP contribution is -2.44. The van der Waals surface area contributed by atoms with Crippen LogP contribution in [0.1, 0.15) is 18.9 Å². The number of pyridine rings is 3. The van der Waals surface area contributed by atoms with Crippen LogP contribution < -0.4 is 15.9 Å². The molecule has 1 aliphatic heterocycles. The van der Waals surface area contributed by atoms with Gasteiger partial charge in [0.1, 0.15) is 11.3 Å². The Hall–Kier alpha value is -3.95. The Morgan fingerprint density at radius 2 is 1.85 bits per heavy atom. The number of fused-ring (bicyclic) bond motifs is 3. The van der Waals surface area contributed by atoms with Gasteiger partial charge in [-0.25, -0.2) is 19.6 Å². The van der Waals surface area contributed by atoms with Gasteiger partial charge in [-0.3, -0.25) is 14.1 Å². The summed E-state index contributed by atoms with van der Waals surface area (Å²) in [6.45, 7) is 1.19. The molecule has 0 radical (unpaired) electrons. The van der Waals surface area contributed by atoms with E-state index in [1.165, 1.54) is 0 Å². The van der Waals surface area contributed by atoms with Gasteiger partial charge in [0.15, 0.2) is 0 Å². The molecular weight excluding hydrogens is 432 g/mol. The molecular formula is C24H28N8O2. The summed E-state index contributed by atoms with van der Waals surface area (Å²) in [6.07, 6.45) is 4.95. The van der Waals surface area contributed by atoms with E-state index in [4.69, 9.17) is 4.98 Å². The Morgan fingerprint density at radius 3 is 2.50 bits per heavy atom. The molecule has 0 spiro atoms. The number of urea groups is 1. The number of hydrogen-bond acceptors (Lipinski definition) is 6. The average molecular weight is 461 g/mol. The van der Waals surface area contributed by atoms with E-state index in [1.54, 1.807) is 29.8 Å². The fourth-order valence-corrected chi connectivity index (χ4v) is 4.67. The van der Waals surface area contributed by atoms with E-state index >= 15 is 0 Å². The van der Waals surface area contributed by atoms with Crippen molar-refractivity contribution in [3.8, 4) is 11.3 Å². The molecule has 34 heavy (non-hydrogen) atoms. The Kier molecular flexibility index (Phi) is 5.43. The molecule has 1 aliphatic rings. The first kappa shape index (κ1) is 21.9. The lowest BCUT2D eigenvalue weighted by molar-refractivity contribution is 0.173. The lowest BCUT2D eigenvalue weighted by atomic mass is 10.0. The number of anilines is 1. The maximum atomic E-state index is 13.3. The summed E-state index contributed by atoms with van der Waals surface area (Å²) in [6, 6.07) is 7.72. The molecule has 10 nitrogen and oxygen atoms in total. The van der Waals surface area contributed by atoms with Crippen LogP contribution in [0.15, 0.2) is 41.5 Å². The van der Waals surface area contributed by atoms with E-state index in [0.717, 1.165) is 33.6 Å². The van der Waals surface area contributed by atoms with Gasteiger partial charge in [0.25, 0.3) is 0 Å². The van der Waals surface area contributed by atoms with E-state index in [1.807, 2.05) is 54.0 Å². The Labute approximate surface area is 196 Å². The molecule has 2 amide bonds. The number of amides is 2. The Balaban J connectivity index is 1.62. The minimum absolute atomic E-state index is 0.0193. The van der Waals surface area contributed by atoms with Crippen LogP contribution in [-0.2, 0) is 7.05 Å². The number of imidazole rings is 1. The van der Waals surface area contributed by atoms with Crippen LogP contribution in [0.25, 0.3) is 33.3 Å². The first-order valence-corrected chi connectivity index (χ1v) is 11.4. The first-order valence-electron chi connectivity index (χ1n) is 11.4. The number of carbonyl (C=O) groups excluding carboxylic acids is 1. The summed E-state index contributed by atoms with van der Waals surface area (Å²) in [5.41, 5.74) is 4.54. The van der Waals surface area contributed by atoms with Gasteiger partial charge in [0.2, 0.25) is 0 Å². The summed E-state index contributed by atoms with van der Waals surface area (Å²) in [7, 11) is 7.30. The molecule has 1 saturated heterocycles. The Bertz CT molecular complexity index is 1430. The van der Waals surface area contributed by atoms with Gasteiger partial charge >= 0.3 is 11.7 Å². The highest BCUT2D eigenvalue weighted by molar-refractivity contribution is 6.00. The highest BCUT2D eigenvalue weighted by atomic mass is 16.2. The highest BCUT2D eigenvalue weighted by Crippen LogP contribution is 2.30. The third-order valence-electron chi connectivity index (χ3n) is 6.59. The number of nitrogens with zero attached hydrogens (tertiary/aromatic N) is 7.